The van der Waals surface area contributed by atoms with E-state index in [-0.39, 0.29) is 11.8 Å². The Morgan fingerprint density at radius 1 is 0.600 bits per heavy atom. The van der Waals surface area contributed by atoms with Crippen molar-refractivity contribution < 1.29 is 9.59 Å². The van der Waals surface area contributed by atoms with Crippen molar-refractivity contribution in [3.05, 3.63) is 106 Å². The maximum Gasteiger partial charge on any atom is 0.225 e. The first-order chi connectivity index (χ1) is 19.3. The Bertz CT molecular complexity index is 1360. The molecule has 4 nitrogen and oxygen atoms in total. The lowest BCUT2D eigenvalue weighted by atomic mass is 10.00. The summed E-state index contributed by atoms with van der Waals surface area (Å²) in [4.78, 5) is 27.2. The number of aryl methyl sites for hydroxylation is 2. The van der Waals surface area contributed by atoms with E-state index in [1.54, 1.807) is 23.5 Å². The van der Waals surface area contributed by atoms with Crippen LogP contribution in [0, 0.1) is 13.8 Å². The predicted molar refractivity (Wildman–Crippen MR) is 172 cm³/mol. The molecule has 0 heterocycles. The molecular weight excluding hydrogens is 579 g/mol. The summed E-state index contributed by atoms with van der Waals surface area (Å²) in [7, 11) is 0. The first-order valence-corrected chi connectivity index (χ1v) is 15.6. The van der Waals surface area contributed by atoms with Gasteiger partial charge in [0, 0.05) is 55.6 Å². The van der Waals surface area contributed by atoms with Crippen LogP contribution in [-0.2, 0) is 9.59 Å². The average Bonchev–Trinajstić information content (AvgIpc) is 2.93. The smallest absolute Gasteiger partial charge is 0.225 e. The van der Waals surface area contributed by atoms with E-state index in [0.29, 0.717) is 34.4 Å². The van der Waals surface area contributed by atoms with Crippen molar-refractivity contribution in [1.29, 1.82) is 0 Å². The van der Waals surface area contributed by atoms with Crippen LogP contribution >= 0.6 is 46.7 Å². The lowest BCUT2D eigenvalue weighted by Crippen LogP contribution is -2.13. The Hall–Kier alpha value is -2.90. The summed E-state index contributed by atoms with van der Waals surface area (Å²) >= 11 is 15.1. The molecule has 0 atom stereocenters. The fraction of sp³-hybridized carbons (Fsp3) is 0.188. The lowest BCUT2D eigenvalue weighted by Gasteiger charge is -2.13. The summed E-state index contributed by atoms with van der Waals surface area (Å²) < 4.78 is 0. The largest absolute Gasteiger partial charge is 0.326 e. The number of carbonyl (C=O) groups is 2. The van der Waals surface area contributed by atoms with Gasteiger partial charge in [0.1, 0.15) is 0 Å². The van der Waals surface area contributed by atoms with E-state index in [1.807, 2.05) is 86.6 Å². The molecule has 0 spiro atoms. The van der Waals surface area contributed by atoms with E-state index < -0.39 is 0 Å². The van der Waals surface area contributed by atoms with Crippen LogP contribution in [0.5, 0.6) is 0 Å². The van der Waals surface area contributed by atoms with Crippen LogP contribution in [0.15, 0.2) is 94.7 Å². The third kappa shape index (κ3) is 9.07. The summed E-state index contributed by atoms with van der Waals surface area (Å²) in [6, 6.07) is 27.3. The fourth-order valence-electron chi connectivity index (χ4n) is 3.98. The van der Waals surface area contributed by atoms with E-state index in [9.17, 15) is 9.59 Å². The second-order valence-electron chi connectivity index (χ2n) is 9.26. The number of anilines is 2. The normalized spacial score (nSPS) is 10.8. The van der Waals surface area contributed by atoms with Gasteiger partial charge in [0.2, 0.25) is 11.8 Å². The minimum Gasteiger partial charge on any atom is -0.326 e. The van der Waals surface area contributed by atoms with Gasteiger partial charge in [0.15, 0.2) is 0 Å². The number of thioether (sulfide) groups is 2. The molecule has 40 heavy (non-hydrogen) atoms. The summed E-state index contributed by atoms with van der Waals surface area (Å²) in [6.07, 6.45) is 0.835. The van der Waals surface area contributed by atoms with Gasteiger partial charge in [-0.05, 0) is 109 Å². The van der Waals surface area contributed by atoms with E-state index in [0.717, 1.165) is 43.4 Å². The maximum absolute atomic E-state index is 12.5. The van der Waals surface area contributed by atoms with Gasteiger partial charge >= 0.3 is 0 Å². The predicted octanol–water partition coefficient (Wildman–Crippen LogP) is 9.52. The van der Waals surface area contributed by atoms with Crippen LogP contribution in [0.2, 0.25) is 10.0 Å². The van der Waals surface area contributed by atoms with Crippen molar-refractivity contribution in [2.45, 2.75) is 36.5 Å². The molecule has 0 saturated heterocycles. The van der Waals surface area contributed by atoms with Crippen LogP contribution in [0.1, 0.15) is 24.0 Å². The Kier molecular flexibility index (Phi) is 11.0. The molecule has 4 rings (SSSR count). The number of amides is 2. The van der Waals surface area contributed by atoms with E-state index in [1.165, 1.54) is 0 Å². The average molecular weight is 610 g/mol. The highest BCUT2D eigenvalue weighted by molar-refractivity contribution is 7.99. The zero-order valence-electron chi connectivity index (χ0n) is 22.3. The van der Waals surface area contributed by atoms with Crippen LogP contribution in [-0.4, -0.2) is 23.3 Å². The molecular formula is C32H30Cl2N2O2S2. The summed E-state index contributed by atoms with van der Waals surface area (Å²) in [5, 5.41) is 7.46. The highest BCUT2D eigenvalue weighted by Crippen LogP contribution is 2.29. The molecule has 0 aliphatic heterocycles. The third-order valence-electron chi connectivity index (χ3n) is 6.16. The molecule has 8 heteroatoms. The van der Waals surface area contributed by atoms with E-state index >= 15 is 0 Å². The van der Waals surface area contributed by atoms with Crippen LogP contribution in [0.25, 0.3) is 11.1 Å². The van der Waals surface area contributed by atoms with E-state index in [4.69, 9.17) is 23.2 Å². The Labute approximate surface area is 254 Å². The van der Waals surface area contributed by atoms with Crippen molar-refractivity contribution >= 4 is 69.9 Å². The standard InChI is InChI=1S/C32H30Cl2N2O2S2/c1-21-19-23(3-13-29(21)35-31(37)15-17-39-27-9-5-25(33)6-10-27)24-4-14-30(22(2)20-24)36-32(38)16-18-40-28-11-7-26(34)8-12-28/h3-14,19-20H,15-18H2,1-2H3,(H,35,37)(H,36,38). The summed E-state index contributed by atoms with van der Waals surface area (Å²) in [5.74, 6) is 1.35. The molecule has 0 aliphatic rings. The molecule has 2 N–H and O–H groups in total. The van der Waals surface area contributed by atoms with Gasteiger partial charge in [-0.3, -0.25) is 9.59 Å². The van der Waals surface area contributed by atoms with Gasteiger partial charge in [-0.1, -0.05) is 35.3 Å². The molecule has 0 saturated carbocycles. The van der Waals surface area contributed by atoms with Crippen molar-refractivity contribution in [2.75, 3.05) is 22.1 Å². The third-order valence-corrected chi connectivity index (χ3v) is 8.69. The van der Waals surface area contributed by atoms with Gasteiger partial charge in [-0.2, -0.15) is 0 Å². The zero-order chi connectivity index (χ0) is 28.5. The zero-order valence-corrected chi connectivity index (χ0v) is 25.4. The molecule has 0 radical (unpaired) electrons. The van der Waals surface area contributed by atoms with Gasteiger partial charge in [-0.15, -0.1) is 23.5 Å². The molecule has 2 amide bonds. The number of benzene rings is 4. The quantitative estimate of drug-likeness (QED) is 0.166. The highest BCUT2D eigenvalue weighted by Gasteiger charge is 2.10. The number of nitrogens with one attached hydrogen (secondary N) is 2. The highest BCUT2D eigenvalue weighted by atomic mass is 35.5. The van der Waals surface area contributed by atoms with Gasteiger partial charge in [0.25, 0.3) is 0 Å². The van der Waals surface area contributed by atoms with Gasteiger partial charge < -0.3 is 10.6 Å². The maximum atomic E-state index is 12.5. The Morgan fingerprint density at radius 3 is 1.32 bits per heavy atom. The number of halogens is 2. The monoisotopic (exact) mass is 608 g/mol. The van der Waals surface area contributed by atoms with Gasteiger partial charge in [0.05, 0.1) is 0 Å². The minimum atomic E-state index is -0.0141. The van der Waals surface area contributed by atoms with Gasteiger partial charge in [-0.25, -0.2) is 0 Å². The number of rotatable bonds is 11. The van der Waals surface area contributed by atoms with Crippen molar-refractivity contribution in [3.63, 3.8) is 0 Å². The first-order valence-electron chi connectivity index (χ1n) is 12.8. The topological polar surface area (TPSA) is 58.2 Å². The molecule has 206 valence electrons. The SMILES string of the molecule is Cc1cc(-c2ccc(NC(=O)CCSc3ccc(Cl)cc3)c(C)c2)ccc1NC(=O)CCSc1ccc(Cl)cc1. The van der Waals surface area contributed by atoms with Crippen LogP contribution in [0.3, 0.4) is 0 Å². The second-order valence-corrected chi connectivity index (χ2v) is 12.5. The Balaban J connectivity index is 1.27. The van der Waals surface area contributed by atoms with Crippen molar-refractivity contribution in [2.24, 2.45) is 0 Å². The molecule has 4 aromatic rings. The molecule has 0 aliphatic carbocycles. The van der Waals surface area contributed by atoms with Crippen LogP contribution in [0.4, 0.5) is 11.4 Å². The minimum absolute atomic E-state index is 0.0141. The number of hydrogen-bond acceptors (Lipinski definition) is 4. The lowest BCUT2D eigenvalue weighted by molar-refractivity contribution is -0.116. The van der Waals surface area contributed by atoms with Crippen molar-refractivity contribution in [3.8, 4) is 11.1 Å². The second kappa shape index (κ2) is 14.6. The number of hydrogen-bond donors (Lipinski definition) is 2. The molecule has 0 aromatic heterocycles. The van der Waals surface area contributed by atoms with Crippen LogP contribution < -0.4 is 10.6 Å². The number of carbonyl (C=O) groups excluding carboxylic acids is 2. The summed E-state index contributed by atoms with van der Waals surface area (Å²) in [6.45, 7) is 3.98. The Morgan fingerprint density at radius 2 is 0.975 bits per heavy atom. The molecule has 0 bridgehead atoms. The summed E-state index contributed by atoms with van der Waals surface area (Å²) in [5.41, 5.74) is 5.70. The fourth-order valence-corrected chi connectivity index (χ4v) is 5.93. The van der Waals surface area contributed by atoms with E-state index in [2.05, 4.69) is 22.8 Å². The molecule has 0 unspecified atom stereocenters. The molecule has 4 aromatic carbocycles. The van der Waals surface area contributed by atoms with Crippen molar-refractivity contribution in [1.82, 2.24) is 0 Å². The first kappa shape index (κ1) is 30.1. The molecule has 0 fully saturated rings.